The Hall–Kier alpha value is -0.120. The monoisotopic (exact) mass is 118 g/mol. The Morgan fingerprint density at radius 2 is 2.25 bits per heavy atom. The summed E-state index contributed by atoms with van der Waals surface area (Å²) in [6.07, 6.45) is 0. The van der Waals surface area contributed by atoms with E-state index in [1.54, 1.807) is 7.05 Å². The molecule has 1 unspecified atom stereocenters. The van der Waals surface area contributed by atoms with Crippen LogP contribution in [0.3, 0.4) is 0 Å². The molecular formula is C5H14N2O. The molecule has 0 rings (SSSR count). The predicted octanol–water partition coefficient (Wildman–Crippen LogP) is -1.08. The maximum atomic E-state index is 8.64. The maximum Gasteiger partial charge on any atom is 0.0622 e. The van der Waals surface area contributed by atoms with Gasteiger partial charge in [-0.05, 0) is 14.0 Å². The van der Waals surface area contributed by atoms with E-state index in [-0.39, 0.29) is 12.1 Å². The van der Waals surface area contributed by atoms with Gasteiger partial charge in [-0.3, -0.25) is 0 Å². The van der Waals surface area contributed by atoms with Gasteiger partial charge in [-0.1, -0.05) is 0 Å². The topological polar surface area (TPSA) is 58.3 Å². The highest BCUT2D eigenvalue weighted by Crippen LogP contribution is 1.95. The van der Waals surface area contributed by atoms with Crippen LogP contribution in [-0.4, -0.2) is 30.8 Å². The third-order valence-corrected chi connectivity index (χ3v) is 1.40. The predicted molar refractivity (Wildman–Crippen MR) is 33.6 cm³/mol. The van der Waals surface area contributed by atoms with Crippen molar-refractivity contribution in [2.75, 3.05) is 20.2 Å². The Kier molecular flexibility index (Phi) is 2.97. The van der Waals surface area contributed by atoms with Crippen molar-refractivity contribution in [1.29, 1.82) is 0 Å². The molecule has 1 atom stereocenters. The zero-order valence-corrected chi connectivity index (χ0v) is 5.44. The van der Waals surface area contributed by atoms with E-state index in [1.165, 1.54) is 0 Å². The molecule has 0 saturated heterocycles. The average molecular weight is 118 g/mol. The van der Waals surface area contributed by atoms with Crippen LogP contribution >= 0.6 is 0 Å². The highest BCUT2D eigenvalue weighted by atomic mass is 16.3. The van der Waals surface area contributed by atoms with Gasteiger partial charge >= 0.3 is 0 Å². The lowest BCUT2D eigenvalue weighted by molar-refractivity contribution is 0.188. The van der Waals surface area contributed by atoms with Crippen molar-refractivity contribution < 1.29 is 5.11 Å². The molecule has 3 heteroatoms. The summed E-state index contributed by atoms with van der Waals surface area (Å²) >= 11 is 0. The highest BCUT2D eigenvalue weighted by Gasteiger charge is 2.16. The molecular weight excluding hydrogens is 104 g/mol. The van der Waals surface area contributed by atoms with Crippen LogP contribution in [0.15, 0.2) is 0 Å². The molecule has 0 aromatic rings. The first-order chi connectivity index (χ1) is 3.68. The minimum atomic E-state index is -0.292. The molecule has 0 saturated carbocycles. The van der Waals surface area contributed by atoms with Crippen LogP contribution in [0.5, 0.6) is 0 Å². The molecule has 0 aromatic carbocycles. The maximum absolute atomic E-state index is 8.64. The summed E-state index contributed by atoms with van der Waals surface area (Å²) in [7, 11) is 1.78. The van der Waals surface area contributed by atoms with Crippen LogP contribution in [0.1, 0.15) is 6.92 Å². The molecule has 0 aliphatic carbocycles. The van der Waals surface area contributed by atoms with Crippen LogP contribution in [-0.2, 0) is 0 Å². The summed E-state index contributed by atoms with van der Waals surface area (Å²) in [5.74, 6) is 0. The van der Waals surface area contributed by atoms with Gasteiger partial charge in [-0.15, -0.1) is 0 Å². The normalized spacial score (nSPS) is 18.0. The SMILES string of the molecule is CNC(C)(CN)CO. The summed E-state index contributed by atoms with van der Waals surface area (Å²) in [4.78, 5) is 0. The van der Waals surface area contributed by atoms with Gasteiger partial charge < -0.3 is 16.2 Å². The van der Waals surface area contributed by atoms with Crippen molar-refractivity contribution in [2.24, 2.45) is 5.73 Å². The molecule has 0 amide bonds. The van der Waals surface area contributed by atoms with E-state index in [1.807, 2.05) is 6.92 Å². The molecule has 0 aromatic heterocycles. The average Bonchev–Trinajstić information content (AvgIpc) is 1.87. The summed E-state index contributed by atoms with van der Waals surface area (Å²) in [6.45, 7) is 2.41. The Morgan fingerprint density at radius 3 is 2.25 bits per heavy atom. The van der Waals surface area contributed by atoms with Gasteiger partial charge in [0.15, 0.2) is 0 Å². The molecule has 0 aliphatic heterocycles. The Morgan fingerprint density at radius 1 is 1.75 bits per heavy atom. The first kappa shape index (κ1) is 7.88. The minimum Gasteiger partial charge on any atom is -0.394 e. The quantitative estimate of drug-likeness (QED) is 0.441. The van der Waals surface area contributed by atoms with Crippen LogP contribution in [0, 0.1) is 0 Å². The van der Waals surface area contributed by atoms with Crippen LogP contribution < -0.4 is 11.1 Å². The number of aliphatic hydroxyl groups excluding tert-OH is 1. The van der Waals surface area contributed by atoms with E-state index < -0.39 is 0 Å². The third-order valence-electron chi connectivity index (χ3n) is 1.40. The number of rotatable bonds is 3. The number of nitrogens with two attached hydrogens (primary N) is 1. The zero-order chi connectivity index (χ0) is 6.62. The van der Waals surface area contributed by atoms with E-state index in [9.17, 15) is 0 Å². The second-order valence-corrected chi connectivity index (χ2v) is 2.17. The van der Waals surface area contributed by atoms with Crippen molar-refractivity contribution in [3.63, 3.8) is 0 Å². The van der Waals surface area contributed by atoms with E-state index in [2.05, 4.69) is 5.32 Å². The molecule has 8 heavy (non-hydrogen) atoms. The molecule has 50 valence electrons. The van der Waals surface area contributed by atoms with Crippen molar-refractivity contribution >= 4 is 0 Å². The van der Waals surface area contributed by atoms with Gasteiger partial charge in [0.1, 0.15) is 0 Å². The third kappa shape index (κ3) is 1.78. The summed E-state index contributed by atoms with van der Waals surface area (Å²) in [6, 6.07) is 0. The van der Waals surface area contributed by atoms with Gasteiger partial charge in [0.05, 0.1) is 12.1 Å². The van der Waals surface area contributed by atoms with Crippen LogP contribution in [0.2, 0.25) is 0 Å². The molecule has 3 nitrogen and oxygen atoms in total. The molecule has 0 fully saturated rings. The van der Waals surface area contributed by atoms with E-state index in [0.29, 0.717) is 6.54 Å². The van der Waals surface area contributed by atoms with Gasteiger partial charge in [-0.25, -0.2) is 0 Å². The molecule has 4 N–H and O–H groups in total. The Balaban J connectivity index is 3.58. The molecule has 0 aliphatic rings. The largest absolute Gasteiger partial charge is 0.394 e. The number of hydrogen-bond acceptors (Lipinski definition) is 3. The summed E-state index contributed by atoms with van der Waals surface area (Å²) in [5.41, 5.74) is 5.01. The van der Waals surface area contributed by atoms with E-state index in [0.717, 1.165) is 0 Å². The Labute approximate surface area is 49.9 Å². The lowest BCUT2D eigenvalue weighted by atomic mass is 10.1. The number of nitrogens with one attached hydrogen (secondary N) is 1. The second kappa shape index (κ2) is 3.02. The number of aliphatic hydroxyl groups is 1. The smallest absolute Gasteiger partial charge is 0.0622 e. The van der Waals surface area contributed by atoms with Crippen molar-refractivity contribution in [3.05, 3.63) is 0 Å². The fraction of sp³-hybridized carbons (Fsp3) is 1.00. The van der Waals surface area contributed by atoms with Gasteiger partial charge in [0.2, 0.25) is 0 Å². The summed E-state index contributed by atoms with van der Waals surface area (Å²) < 4.78 is 0. The van der Waals surface area contributed by atoms with Gasteiger partial charge in [-0.2, -0.15) is 0 Å². The minimum absolute atomic E-state index is 0.0833. The van der Waals surface area contributed by atoms with E-state index in [4.69, 9.17) is 10.8 Å². The molecule has 0 spiro atoms. The number of hydrogen-bond donors (Lipinski definition) is 3. The van der Waals surface area contributed by atoms with Gasteiger partial charge in [0, 0.05) is 6.54 Å². The molecule has 0 heterocycles. The first-order valence-corrected chi connectivity index (χ1v) is 2.68. The fourth-order valence-corrected chi connectivity index (χ4v) is 0.246. The molecule has 0 bridgehead atoms. The Bertz CT molecular complexity index is 53.2. The second-order valence-electron chi connectivity index (χ2n) is 2.17. The van der Waals surface area contributed by atoms with E-state index >= 15 is 0 Å². The standard InChI is InChI=1S/C5H14N2O/c1-5(3-6,4-8)7-2/h7-8H,3-4,6H2,1-2H3. The first-order valence-electron chi connectivity index (χ1n) is 2.68. The highest BCUT2D eigenvalue weighted by molar-refractivity contribution is 4.80. The summed E-state index contributed by atoms with van der Waals surface area (Å²) in [5, 5.41) is 11.5. The fourth-order valence-electron chi connectivity index (χ4n) is 0.246. The molecule has 0 radical (unpaired) electrons. The van der Waals surface area contributed by atoms with Crippen molar-refractivity contribution in [1.82, 2.24) is 5.32 Å². The van der Waals surface area contributed by atoms with Crippen LogP contribution in [0.4, 0.5) is 0 Å². The van der Waals surface area contributed by atoms with Gasteiger partial charge in [0.25, 0.3) is 0 Å². The number of likely N-dealkylation sites (N-methyl/N-ethyl adjacent to an activating group) is 1. The van der Waals surface area contributed by atoms with Crippen LogP contribution in [0.25, 0.3) is 0 Å². The lowest BCUT2D eigenvalue weighted by Crippen LogP contribution is -2.49. The lowest BCUT2D eigenvalue weighted by Gasteiger charge is -2.23. The van der Waals surface area contributed by atoms with Crippen molar-refractivity contribution in [2.45, 2.75) is 12.5 Å². The van der Waals surface area contributed by atoms with Crippen molar-refractivity contribution in [3.8, 4) is 0 Å². The zero-order valence-electron chi connectivity index (χ0n) is 5.44.